The summed E-state index contributed by atoms with van der Waals surface area (Å²) in [5, 5.41) is 9.05. The lowest BCUT2D eigenvalue weighted by molar-refractivity contribution is -0.146. The predicted octanol–water partition coefficient (Wildman–Crippen LogP) is 1.68. The van der Waals surface area contributed by atoms with E-state index in [9.17, 15) is 4.79 Å². The zero-order valence-corrected chi connectivity index (χ0v) is 11.7. The quantitative estimate of drug-likeness (QED) is 0.727. The molecule has 1 rings (SSSR count). The summed E-state index contributed by atoms with van der Waals surface area (Å²) in [6.07, 6.45) is 0. The van der Waals surface area contributed by atoms with Gasteiger partial charge in [-0.15, -0.1) is 0 Å². The number of carbonyl (C=O) groups is 1. The second kappa shape index (κ2) is 8.67. The third kappa shape index (κ3) is 6.94. The molecular weight excluding hydrogens is 242 g/mol. The van der Waals surface area contributed by atoms with Crippen LogP contribution in [0.4, 0.5) is 0 Å². The number of rotatable bonds is 8. The number of carbonyl (C=O) groups excluding carboxylic acids is 1. The first-order chi connectivity index (χ1) is 9.11. The van der Waals surface area contributed by atoms with Crippen molar-refractivity contribution in [3.8, 4) is 0 Å². The molecule has 4 heteroatoms. The molecule has 4 nitrogen and oxygen atoms in total. The average Bonchev–Trinajstić information content (AvgIpc) is 2.38. The summed E-state index contributed by atoms with van der Waals surface area (Å²) in [4.78, 5) is 13.6. The molecule has 0 saturated heterocycles. The minimum atomic E-state index is -0.238. The van der Waals surface area contributed by atoms with E-state index in [-0.39, 0.29) is 19.1 Å². The van der Waals surface area contributed by atoms with Gasteiger partial charge in [-0.2, -0.15) is 0 Å². The van der Waals surface area contributed by atoms with Gasteiger partial charge in [-0.05, 0) is 11.5 Å². The molecule has 19 heavy (non-hydrogen) atoms. The first-order valence-corrected chi connectivity index (χ1v) is 6.64. The summed E-state index contributed by atoms with van der Waals surface area (Å²) in [7, 11) is 0. The summed E-state index contributed by atoms with van der Waals surface area (Å²) in [6, 6.07) is 9.89. The Kier molecular flexibility index (Phi) is 7.15. The molecule has 0 saturated carbocycles. The van der Waals surface area contributed by atoms with Gasteiger partial charge < -0.3 is 9.84 Å². The molecular formula is C15H23NO3. The van der Waals surface area contributed by atoms with Crippen molar-refractivity contribution in [1.29, 1.82) is 0 Å². The number of nitrogens with zero attached hydrogens (tertiary/aromatic N) is 1. The third-order valence-corrected chi connectivity index (χ3v) is 2.60. The fourth-order valence-electron chi connectivity index (χ4n) is 1.68. The molecule has 0 aliphatic heterocycles. The maximum atomic E-state index is 11.7. The van der Waals surface area contributed by atoms with Crippen LogP contribution in [0.25, 0.3) is 0 Å². The highest BCUT2D eigenvalue weighted by Crippen LogP contribution is 2.04. The molecule has 1 aromatic rings. The molecule has 0 fully saturated rings. The van der Waals surface area contributed by atoms with Crippen LogP contribution in [0.2, 0.25) is 0 Å². The predicted molar refractivity (Wildman–Crippen MR) is 74.6 cm³/mol. The Hall–Kier alpha value is -1.39. The Balaban J connectivity index is 2.46. The Morgan fingerprint density at radius 1 is 1.32 bits per heavy atom. The Morgan fingerprint density at radius 3 is 2.58 bits per heavy atom. The number of hydrogen-bond acceptors (Lipinski definition) is 4. The van der Waals surface area contributed by atoms with Crippen LogP contribution in [0.1, 0.15) is 19.4 Å². The molecule has 0 atom stereocenters. The fraction of sp³-hybridized carbons (Fsp3) is 0.533. The van der Waals surface area contributed by atoms with E-state index >= 15 is 0 Å². The van der Waals surface area contributed by atoms with Crippen LogP contribution in [0, 0.1) is 5.92 Å². The second-order valence-electron chi connectivity index (χ2n) is 5.00. The smallest absolute Gasteiger partial charge is 0.320 e. The molecule has 0 aliphatic carbocycles. The summed E-state index contributed by atoms with van der Waals surface area (Å²) in [6.45, 7) is 5.79. The maximum Gasteiger partial charge on any atom is 0.320 e. The Labute approximate surface area is 115 Å². The van der Waals surface area contributed by atoms with Crippen molar-refractivity contribution in [3.63, 3.8) is 0 Å². The monoisotopic (exact) mass is 265 g/mol. The highest BCUT2D eigenvalue weighted by molar-refractivity contribution is 5.71. The lowest BCUT2D eigenvalue weighted by Crippen LogP contribution is -2.33. The van der Waals surface area contributed by atoms with Crippen LogP contribution in [-0.2, 0) is 16.1 Å². The largest absolute Gasteiger partial charge is 0.464 e. The second-order valence-corrected chi connectivity index (χ2v) is 5.00. The van der Waals surface area contributed by atoms with E-state index in [4.69, 9.17) is 9.84 Å². The van der Waals surface area contributed by atoms with Crippen LogP contribution in [0.15, 0.2) is 30.3 Å². The van der Waals surface area contributed by atoms with Gasteiger partial charge in [0.25, 0.3) is 0 Å². The molecule has 0 aliphatic rings. The highest BCUT2D eigenvalue weighted by Gasteiger charge is 2.12. The van der Waals surface area contributed by atoms with Crippen LogP contribution in [-0.4, -0.2) is 42.3 Å². The number of aliphatic hydroxyl groups is 1. The lowest BCUT2D eigenvalue weighted by Gasteiger charge is -2.20. The van der Waals surface area contributed by atoms with Crippen molar-refractivity contribution in [2.75, 3.05) is 26.3 Å². The number of benzene rings is 1. The third-order valence-electron chi connectivity index (χ3n) is 2.60. The van der Waals surface area contributed by atoms with Gasteiger partial charge in [-0.1, -0.05) is 44.2 Å². The van der Waals surface area contributed by atoms with Crippen molar-refractivity contribution in [2.45, 2.75) is 20.4 Å². The molecule has 0 spiro atoms. The number of aliphatic hydroxyl groups excluding tert-OH is 1. The minimum Gasteiger partial charge on any atom is -0.464 e. The van der Waals surface area contributed by atoms with E-state index in [1.165, 1.54) is 0 Å². The molecule has 1 N–H and O–H groups in total. The van der Waals surface area contributed by atoms with Gasteiger partial charge in [0, 0.05) is 13.1 Å². The molecule has 0 aromatic heterocycles. The number of ether oxygens (including phenoxy) is 1. The van der Waals surface area contributed by atoms with Crippen LogP contribution in [0.5, 0.6) is 0 Å². The van der Waals surface area contributed by atoms with Crippen LogP contribution >= 0.6 is 0 Å². The van der Waals surface area contributed by atoms with Crippen LogP contribution < -0.4 is 0 Å². The van der Waals surface area contributed by atoms with Crippen molar-refractivity contribution in [3.05, 3.63) is 35.9 Å². The van der Waals surface area contributed by atoms with E-state index < -0.39 is 0 Å². The van der Waals surface area contributed by atoms with Gasteiger partial charge in [0.05, 0.1) is 19.8 Å². The SMILES string of the molecule is CC(C)COC(=O)CN(CCO)Cc1ccccc1. The summed E-state index contributed by atoms with van der Waals surface area (Å²) < 4.78 is 5.16. The summed E-state index contributed by atoms with van der Waals surface area (Å²) in [5.41, 5.74) is 1.12. The molecule has 0 heterocycles. The summed E-state index contributed by atoms with van der Waals surface area (Å²) >= 11 is 0. The van der Waals surface area contributed by atoms with Crippen molar-refractivity contribution >= 4 is 5.97 Å². The van der Waals surface area contributed by atoms with E-state index in [0.717, 1.165) is 5.56 Å². The van der Waals surface area contributed by atoms with Gasteiger partial charge in [-0.25, -0.2) is 0 Å². The zero-order chi connectivity index (χ0) is 14.1. The molecule has 0 bridgehead atoms. The first-order valence-electron chi connectivity index (χ1n) is 6.64. The van der Waals surface area contributed by atoms with Gasteiger partial charge in [0.1, 0.15) is 0 Å². The summed E-state index contributed by atoms with van der Waals surface area (Å²) in [5.74, 6) is 0.0995. The van der Waals surface area contributed by atoms with E-state index in [2.05, 4.69) is 0 Å². The molecule has 106 valence electrons. The van der Waals surface area contributed by atoms with Crippen molar-refractivity contribution in [1.82, 2.24) is 4.90 Å². The van der Waals surface area contributed by atoms with Crippen molar-refractivity contribution in [2.24, 2.45) is 5.92 Å². The first kappa shape index (κ1) is 15.7. The van der Waals surface area contributed by atoms with Gasteiger partial charge >= 0.3 is 5.97 Å². The Morgan fingerprint density at radius 2 is 2.00 bits per heavy atom. The lowest BCUT2D eigenvalue weighted by atomic mass is 10.2. The minimum absolute atomic E-state index is 0.0320. The highest BCUT2D eigenvalue weighted by atomic mass is 16.5. The molecule has 0 radical (unpaired) electrons. The average molecular weight is 265 g/mol. The molecule has 0 amide bonds. The zero-order valence-electron chi connectivity index (χ0n) is 11.7. The van der Waals surface area contributed by atoms with Crippen LogP contribution in [0.3, 0.4) is 0 Å². The number of hydrogen-bond donors (Lipinski definition) is 1. The topological polar surface area (TPSA) is 49.8 Å². The van der Waals surface area contributed by atoms with E-state index in [1.54, 1.807) is 0 Å². The maximum absolute atomic E-state index is 11.7. The standard InChI is InChI=1S/C15H23NO3/c1-13(2)12-19-15(18)11-16(8-9-17)10-14-6-4-3-5-7-14/h3-7,13,17H,8-12H2,1-2H3. The fourth-order valence-corrected chi connectivity index (χ4v) is 1.68. The normalized spacial score (nSPS) is 11.0. The van der Waals surface area contributed by atoms with Gasteiger partial charge in [0.2, 0.25) is 0 Å². The van der Waals surface area contributed by atoms with Gasteiger partial charge in [0.15, 0.2) is 0 Å². The van der Waals surface area contributed by atoms with E-state index in [1.807, 2.05) is 49.1 Å². The molecule has 1 aromatic carbocycles. The van der Waals surface area contributed by atoms with Crippen molar-refractivity contribution < 1.29 is 14.6 Å². The van der Waals surface area contributed by atoms with Gasteiger partial charge in [-0.3, -0.25) is 9.69 Å². The molecule has 0 unspecified atom stereocenters. The number of esters is 1. The Bertz CT molecular complexity index is 365. The van der Waals surface area contributed by atoms with E-state index in [0.29, 0.717) is 25.6 Å².